The SMILES string of the molecule is C[C@H]1[C@H](NC(=O)/C(=N\OC(COc2ccc(C(N)=N[C@H]3CCNC3)cc2)C(=O)O)c2nsc(N)n2)C(=O)N1S(=O)(=O)O. The van der Waals surface area contributed by atoms with E-state index < -0.39 is 58.6 Å². The summed E-state index contributed by atoms with van der Waals surface area (Å²) >= 11 is 0.705. The quantitative estimate of drug-likeness (QED) is 0.0487. The largest absolute Gasteiger partial charge is 0.489 e. The zero-order chi connectivity index (χ0) is 30.6. The van der Waals surface area contributed by atoms with E-state index >= 15 is 0 Å². The number of nitrogen functional groups attached to an aromatic ring is 1. The van der Waals surface area contributed by atoms with Gasteiger partial charge in [0.2, 0.25) is 11.5 Å². The number of rotatable bonds is 12. The molecule has 2 aromatic rings. The van der Waals surface area contributed by atoms with E-state index in [2.05, 4.69) is 30.1 Å². The molecule has 2 amide bonds. The molecule has 20 heteroatoms. The number of carboxylic acids is 1. The van der Waals surface area contributed by atoms with Crippen LogP contribution in [0.1, 0.15) is 24.7 Å². The Morgan fingerprint density at radius 3 is 2.60 bits per heavy atom. The highest BCUT2D eigenvalue weighted by atomic mass is 32.2. The number of oxime groups is 1. The lowest BCUT2D eigenvalue weighted by Gasteiger charge is -2.42. The standard InChI is InChI=1S/C22H27N9O9S2/c1-10-15(20(33)31(10)42(36,37)38)27-19(32)16(18-28-22(24)41-30-18)29-40-14(21(34)35)9-39-13-4-2-11(3-5-13)17(23)26-12-6-7-25-8-12/h2-5,10,12,14-15,25H,6-9H2,1H3,(H2,23,26)(H,27,32)(H,34,35)(H2,24,28,30)(H,36,37,38)/b29-16-/t10-,12-,14?,15-/m0/s1. The molecule has 0 aliphatic carbocycles. The predicted molar refractivity (Wildman–Crippen MR) is 147 cm³/mol. The maximum Gasteiger partial charge on any atom is 0.362 e. The first-order valence-corrected chi connectivity index (χ1v) is 14.5. The monoisotopic (exact) mass is 625 g/mol. The van der Waals surface area contributed by atoms with Gasteiger partial charge in [0.15, 0.2) is 5.13 Å². The molecule has 2 aliphatic rings. The minimum Gasteiger partial charge on any atom is -0.489 e. The van der Waals surface area contributed by atoms with Crippen molar-refractivity contribution in [3.63, 3.8) is 0 Å². The van der Waals surface area contributed by atoms with E-state index in [1.54, 1.807) is 24.3 Å². The number of carbonyl (C=O) groups excluding carboxylic acids is 2. The van der Waals surface area contributed by atoms with Gasteiger partial charge in [-0.2, -0.15) is 17.8 Å². The molecular formula is C22H27N9O9S2. The Bertz CT molecular complexity index is 1510. The molecule has 18 nitrogen and oxygen atoms in total. The zero-order valence-corrected chi connectivity index (χ0v) is 23.5. The molecule has 1 aromatic heterocycles. The van der Waals surface area contributed by atoms with Crippen LogP contribution in [-0.2, 0) is 29.5 Å². The fourth-order valence-electron chi connectivity index (χ4n) is 4.01. The van der Waals surface area contributed by atoms with Crippen LogP contribution < -0.4 is 26.8 Å². The summed E-state index contributed by atoms with van der Waals surface area (Å²) in [7, 11) is -4.83. The van der Waals surface area contributed by atoms with Crippen LogP contribution in [0.15, 0.2) is 34.4 Å². The highest BCUT2D eigenvalue weighted by molar-refractivity contribution is 7.84. The van der Waals surface area contributed by atoms with Crippen molar-refractivity contribution in [2.24, 2.45) is 15.9 Å². The summed E-state index contributed by atoms with van der Waals surface area (Å²) in [4.78, 5) is 50.3. The maximum absolute atomic E-state index is 12.9. The van der Waals surface area contributed by atoms with Crippen LogP contribution in [-0.4, -0.2) is 105 Å². The number of ether oxygens (including phenoxy) is 1. The topological polar surface area (TPSA) is 274 Å². The van der Waals surface area contributed by atoms with E-state index in [4.69, 9.17) is 25.6 Å². The number of aromatic nitrogens is 2. The van der Waals surface area contributed by atoms with Crippen LogP contribution in [0.5, 0.6) is 5.75 Å². The minimum absolute atomic E-state index is 0.0525. The normalized spacial score (nSPS) is 21.9. The third-order valence-electron chi connectivity index (χ3n) is 6.19. The lowest BCUT2D eigenvalue weighted by molar-refractivity contribution is -0.152. The van der Waals surface area contributed by atoms with Crippen molar-refractivity contribution in [1.82, 2.24) is 24.3 Å². The number of nitrogens with one attached hydrogen (secondary N) is 2. The molecule has 0 radical (unpaired) electrons. The van der Waals surface area contributed by atoms with Crippen molar-refractivity contribution >= 4 is 56.3 Å². The van der Waals surface area contributed by atoms with Gasteiger partial charge in [-0.1, -0.05) is 5.16 Å². The molecule has 4 rings (SSSR count). The summed E-state index contributed by atoms with van der Waals surface area (Å²) in [6, 6.07) is 4.09. The van der Waals surface area contributed by atoms with Gasteiger partial charge >= 0.3 is 16.3 Å². The van der Waals surface area contributed by atoms with Crippen molar-refractivity contribution in [3.05, 3.63) is 35.7 Å². The average Bonchev–Trinajstić information content (AvgIpc) is 3.60. The van der Waals surface area contributed by atoms with E-state index in [1.165, 1.54) is 6.92 Å². The minimum atomic E-state index is -4.83. The first-order chi connectivity index (χ1) is 19.8. The van der Waals surface area contributed by atoms with Gasteiger partial charge < -0.3 is 36.8 Å². The van der Waals surface area contributed by atoms with Gasteiger partial charge in [0.25, 0.3) is 17.9 Å². The fraction of sp³-hybridized carbons (Fsp3) is 0.409. The summed E-state index contributed by atoms with van der Waals surface area (Å²) in [5.41, 5.74) is 11.7. The zero-order valence-electron chi connectivity index (χ0n) is 21.9. The van der Waals surface area contributed by atoms with Crippen molar-refractivity contribution < 1.29 is 42.0 Å². The van der Waals surface area contributed by atoms with Gasteiger partial charge in [-0.3, -0.25) is 19.1 Å². The number of nitrogens with zero attached hydrogens (tertiary/aromatic N) is 5. The number of amidine groups is 1. The summed E-state index contributed by atoms with van der Waals surface area (Å²) in [6.45, 7) is 2.37. The second kappa shape index (κ2) is 12.6. The lowest BCUT2D eigenvalue weighted by atomic mass is 10.0. The number of anilines is 1. The van der Waals surface area contributed by atoms with Gasteiger partial charge in [-0.05, 0) is 44.2 Å². The number of amides is 2. The highest BCUT2D eigenvalue weighted by Gasteiger charge is 2.51. The number of carbonyl (C=O) groups is 3. The first kappa shape index (κ1) is 30.6. The van der Waals surface area contributed by atoms with Gasteiger partial charge in [0, 0.05) is 23.6 Å². The molecule has 1 unspecified atom stereocenters. The van der Waals surface area contributed by atoms with Crippen LogP contribution in [0.4, 0.5) is 5.13 Å². The number of nitrogens with two attached hydrogens (primary N) is 2. The second-order valence-corrected chi connectivity index (χ2v) is 11.2. The van der Waals surface area contributed by atoms with Crippen LogP contribution >= 0.6 is 11.5 Å². The summed E-state index contributed by atoms with van der Waals surface area (Å²) in [5.74, 6) is -3.36. The summed E-state index contributed by atoms with van der Waals surface area (Å²) in [5, 5.41) is 18.6. The number of carboxylic acid groups (broad SMARTS) is 1. The number of hydrogen-bond acceptors (Lipinski definition) is 14. The van der Waals surface area contributed by atoms with E-state index in [-0.39, 0.29) is 21.3 Å². The molecule has 2 saturated heterocycles. The van der Waals surface area contributed by atoms with Crippen molar-refractivity contribution in [2.75, 3.05) is 25.4 Å². The van der Waals surface area contributed by atoms with Crippen LogP contribution in [0.25, 0.3) is 0 Å². The van der Waals surface area contributed by atoms with Crippen molar-refractivity contribution in [2.45, 2.75) is 37.6 Å². The van der Waals surface area contributed by atoms with E-state index in [0.717, 1.165) is 19.5 Å². The number of hydrogen-bond donors (Lipinski definition) is 6. The maximum atomic E-state index is 12.9. The van der Waals surface area contributed by atoms with Gasteiger partial charge in [-0.25, -0.2) is 9.10 Å². The molecule has 226 valence electrons. The number of aliphatic imine (C=N–C) groups is 1. The Kier molecular flexibility index (Phi) is 9.19. The van der Waals surface area contributed by atoms with Crippen molar-refractivity contribution in [3.8, 4) is 5.75 Å². The van der Waals surface area contributed by atoms with E-state index in [9.17, 15) is 27.9 Å². The Labute approximate surface area is 242 Å². The smallest absolute Gasteiger partial charge is 0.362 e. The number of β-lactam (4-membered cyclic amide) rings is 1. The lowest BCUT2D eigenvalue weighted by Crippen LogP contribution is -2.71. The molecule has 0 bridgehead atoms. The molecule has 2 aliphatic heterocycles. The first-order valence-electron chi connectivity index (χ1n) is 12.3. The fourth-order valence-corrected chi connectivity index (χ4v) is 5.32. The van der Waals surface area contributed by atoms with Crippen LogP contribution in [0, 0.1) is 0 Å². The Hall–Kier alpha value is -4.40. The van der Waals surface area contributed by atoms with Gasteiger partial charge in [-0.15, -0.1) is 0 Å². The molecule has 2 fully saturated rings. The van der Waals surface area contributed by atoms with Gasteiger partial charge in [0.1, 0.15) is 24.2 Å². The van der Waals surface area contributed by atoms with Crippen LogP contribution in [0.2, 0.25) is 0 Å². The third kappa shape index (κ3) is 7.08. The summed E-state index contributed by atoms with van der Waals surface area (Å²) < 4.78 is 41.4. The third-order valence-corrected chi connectivity index (χ3v) is 7.75. The van der Waals surface area contributed by atoms with E-state index in [1.807, 2.05) is 0 Å². The molecule has 42 heavy (non-hydrogen) atoms. The Morgan fingerprint density at radius 2 is 2.05 bits per heavy atom. The van der Waals surface area contributed by atoms with Gasteiger partial charge in [0.05, 0.1) is 12.1 Å². The molecule has 3 heterocycles. The van der Waals surface area contributed by atoms with Crippen molar-refractivity contribution in [1.29, 1.82) is 0 Å². The van der Waals surface area contributed by atoms with E-state index in [0.29, 0.717) is 28.7 Å². The molecule has 4 atom stereocenters. The summed E-state index contributed by atoms with van der Waals surface area (Å²) in [6.07, 6.45) is -0.815. The Balaban J connectivity index is 1.43. The molecule has 0 spiro atoms. The number of aliphatic carboxylic acids is 1. The molecule has 8 N–H and O–H groups in total. The molecular weight excluding hydrogens is 598 g/mol. The highest BCUT2D eigenvalue weighted by Crippen LogP contribution is 2.23. The Morgan fingerprint density at radius 1 is 1.33 bits per heavy atom. The second-order valence-electron chi connectivity index (χ2n) is 9.13. The molecule has 0 saturated carbocycles. The average molecular weight is 626 g/mol. The predicted octanol–water partition coefficient (Wildman–Crippen LogP) is -2.04. The number of benzene rings is 1. The molecule has 1 aromatic carbocycles. The van der Waals surface area contributed by atoms with Crippen LogP contribution in [0.3, 0.4) is 0 Å².